The van der Waals surface area contributed by atoms with Gasteiger partial charge in [0.05, 0.1) is 5.60 Å². The second-order valence-corrected chi connectivity index (χ2v) is 6.53. The quantitative estimate of drug-likeness (QED) is 0.811. The Morgan fingerprint density at radius 3 is 2.71 bits per heavy atom. The van der Waals surface area contributed by atoms with Gasteiger partial charge in [0.2, 0.25) is 0 Å². The summed E-state index contributed by atoms with van der Waals surface area (Å²) in [5, 5.41) is 12.8. The van der Waals surface area contributed by atoms with Crippen molar-refractivity contribution in [3.63, 3.8) is 0 Å². The first kappa shape index (κ1) is 17.8. The van der Waals surface area contributed by atoms with Gasteiger partial charge in [-0.25, -0.2) is 0 Å². The van der Waals surface area contributed by atoms with E-state index < -0.39 is 18.1 Å². The molecule has 1 rings (SSSR count). The first-order valence-corrected chi connectivity index (χ1v) is 7.54. The molecule has 120 valence electrons. The number of ether oxygens (including phenoxy) is 1. The van der Waals surface area contributed by atoms with Gasteiger partial charge < -0.3 is 15.2 Å². The van der Waals surface area contributed by atoms with Crippen LogP contribution in [-0.2, 0) is 0 Å². The maximum absolute atomic E-state index is 12.3. The van der Waals surface area contributed by atoms with Crippen LogP contribution in [0.1, 0.15) is 41.7 Å². The third-order valence-corrected chi connectivity index (χ3v) is 4.55. The Morgan fingerprint density at radius 2 is 2.19 bits per heavy atom. The van der Waals surface area contributed by atoms with Crippen LogP contribution < -0.4 is 10.1 Å². The molecular weight excluding hydrogens is 300 g/mol. The Kier molecular flexibility index (Phi) is 6.10. The van der Waals surface area contributed by atoms with Crippen LogP contribution >= 0.6 is 11.3 Å². The summed E-state index contributed by atoms with van der Waals surface area (Å²) in [6, 6.07) is 1.40. The van der Waals surface area contributed by atoms with E-state index in [9.17, 15) is 18.7 Å². The van der Waals surface area contributed by atoms with Crippen LogP contribution in [0.4, 0.5) is 8.78 Å². The number of carbonyl (C=O) groups is 1. The summed E-state index contributed by atoms with van der Waals surface area (Å²) < 4.78 is 29.0. The van der Waals surface area contributed by atoms with Crippen LogP contribution in [-0.4, -0.2) is 29.8 Å². The molecular formula is C14H21F2NO3S. The summed E-state index contributed by atoms with van der Waals surface area (Å²) >= 11 is 1.08. The summed E-state index contributed by atoms with van der Waals surface area (Å²) in [7, 11) is 0. The highest BCUT2D eigenvalue weighted by atomic mass is 32.1. The number of aryl methyl sites for hydroxylation is 1. The van der Waals surface area contributed by atoms with E-state index in [0.717, 1.165) is 17.8 Å². The predicted molar refractivity (Wildman–Crippen MR) is 78.1 cm³/mol. The smallest absolute Gasteiger partial charge is 0.387 e. The Bertz CT molecular complexity index is 489. The van der Waals surface area contributed by atoms with Gasteiger partial charge in [-0.05, 0) is 25.8 Å². The van der Waals surface area contributed by atoms with Crippen LogP contribution in [0.2, 0.25) is 0 Å². The van der Waals surface area contributed by atoms with Crippen LogP contribution in [0, 0.1) is 12.8 Å². The van der Waals surface area contributed by atoms with Crippen molar-refractivity contribution < 1.29 is 23.4 Å². The number of amides is 1. The number of hydrogen-bond acceptors (Lipinski definition) is 4. The van der Waals surface area contributed by atoms with E-state index in [4.69, 9.17) is 0 Å². The lowest BCUT2D eigenvalue weighted by atomic mass is 9.88. The molecule has 1 amide bonds. The number of aliphatic hydroxyl groups is 1. The molecule has 0 fully saturated rings. The highest BCUT2D eigenvalue weighted by Gasteiger charge is 2.28. The van der Waals surface area contributed by atoms with Crippen LogP contribution in [0.3, 0.4) is 0 Å². The fraction of sp³-hybridized carbons (Fsp3) is 0.643. The number of carbonyl (C=O) groups excluding carboxylic acids is 1. The largest absolute Gasteiger partial charge is 0.433 e. The zero-order valence-corrected chi connectivity index (χ0v) is 13.4. The fourth-order valence-electron chi connectivity index (χ4n) is 1.79. The molecule has 2 N–H and O–H groups in total. The lowest BCUT2D eigenvalue weighted by Crippen LogP contribution is -2.45. The SMILES string of the molecule is CCC(C)C(C)(O)CNC(=O)c1sc(C)cc1OC(F)F. The van der Waals surface area contributed by atoms with Gasteiger partial charge in [0.1, 0.15) is 10.6 Å². The van der Waals surface area contributed by atoms with E-state index in [-0.39, 0.29) is 23.1 Å². The standard InChI is InChI=1S/C14H21F2NO3S/c1-5-8(2)14(4,19)7-17-12(18)11-10(20-13(15)16)6-9(3)21-11/h6,8,13,19H,5,7H2,1-4H3,(H,17,18). The number of hydrogen-bond donors (Lipinski definition) is 2. The first-order valence-electron chi connectivity index (χ1n) is 6.73. The minimum Gasteiger partial charge on any atom is -0.433 e. The van der Waals surface area contributed by atoms with E-state index >= 15 is 0 Å². The number of thiophene rings is 1. The highest BCUT2D eigenvalue weighted by Crippen LogP contribution is 2.30. The highest BCUT2D eigenvalue weighted by molar-refractivity contribution is 7.14. The van der Waals surface area contributed by atoms with Crippen molar-refractivity contribution in [3.8, 4) is 5.75 Å². The maximum Gasteiger partial charge on any atom is 0.387 e. The molecule has 1 aromatic rings. The average molecular weight is 321 g/mol. The molecule has 2 unspecified atom stereocenters. The monoisotopic (exact) mass is 321 g/mol. The van der Waals surface area contributed by atoms with Gasteiger partial charge in [-0.3, -0.25) is 4.79 Å². The lowest BCUT2D eigenvalue weighted by molar-refractivity contribution is -0.0499. The van der Waals surface area contributed by atoms with Crippen LogP contribution in [0.25, 0.3) is 0 Å². The van der Waals surface area contributed by atoms with Crippen LogP contribution in [0.15, 0.2) is 6.07 Å². The van der Waals surface area contributed by atoms with Gasteiger partial charge in [0.25, 0.3) is 5.91 Å². The average Bonchev–Trinajstić information content (AvgIpc) is 2.75. The molecule has 0 saturated heterocycles. The Labute approximate surface area is 127 Å². The zero-order valence-electron chi connectivity index (χ0n) is 12.6. The van der Waals surface area contributed by atoms with Crippen molar-refractivity contribution in [3.05, 3.63) is 15.8 Å². The van der Waals surface area contributed by atoms with Crippen molar-refractivity contribution >= 4 is 17.2 Å². The van der Waals surface area contributed by atoms with Crippen molar-refractivity contribution in [2.24, 2.45) is 5.92 Å². The van der Waals surface area contributed by atoms with E-state index in [1.54, 1.807) is 13.8 Å². The van der Waals surface area contributed by atoms with Gasteiger partial charge in [-0.2, -0.15) is 8.78 Å². The molecule has 0 spiro atoms. The van der Waals surface area contributed by atoms with E-state index in [1.807, 2.05) is 13.8 Å². The summed E-state index contributed by atoms with van der Waals surface area (Å²) in [5.41, 5.74) is -1.06. The molecule has 7 heteroatoms. The van der Waals surface area contributed by atoms with Crippen molar-refractivity contribution in [1.29, 1.82) is 0 Å². The summed E-state index contributed by atoms with van der Waals surface area (Å²) in [6.07, 6.45) is 0.765. The van der Waals surface area contributed by atoms with E-state index in [0.29, 0.717) is 4.88 Å². The molecule has 0 saturated carbocycles. The van der Waals surface area contributed by atoms with E-state index in [1.165, 1.54) is 6.07 Å². The van der Waals surface area contributed by atoms with Crippen molar-refractivity contribution in [2.45, 2.75) is 46.3 Å². The molecule has 0 bridgehead atoms. The van der Waals surface area contributed by atoms with Crippen molar-refractivity contribution in [1.82, 2.24) is 5.32 Å². The molecule has 1 aromatic heterocycles. The van der Waals surface area contributed by atoms with Gasteiger partial charge in [0.15, 0.2) is 0 Å². The lowest BCUT2D eigenvalue weighted by Gasteiger charge is -2.29. The molecule has 2 atom stereocenters. The minimum atomic E-state index is -2.98. The molecule has 0 radical (unpaired) electrons. The van der Waals surface area contributed by atoms with Gasteiger partial charge in [-0.1, -0.05) is 20.3 Å². The third-order valence-electron chi connectivity index (χ3n) is 3.52. The van der Waals surface area contributed by atoms with Gasteiger partial charge in [-0.15, -0.1) is 11.3 Å². The van der Waals surface area contributed by atoms with E-state index in [2.05, 4.69) is 10.1 Å². The molecule has 0 aliphatic carbocycles. The summed E-state index contributed by atoms with van der Waals surface area (Å²) in [5.74, 6) is -0.653. The first-order chi connectivity index (χ1) is 9.67. The normalized spacial score (nSPS) is 15.6. The topological polar surface area (TPSA) is 58.6 Å². The summed E-state index contributed by atoms with van der Waals surface area (Å²) in [6.45, 7) is 4.23. The minimum absolute atomic E-state index is 0.000318. The van der Waals surface area contributed by atoms with Crippen molar-refractivity contribution in [2.75, 3.05) is 6.54 Å². The van der Waals surface area contributed by atoms with Crippen LogP contribution in [0.5, 0.6) is 5.75 Å². The number of halogens is 2. The molecule has 0 aliphatic heterocycles. The summed E-state index contributed by atoms with van der Waals surface area (Å²) in [4.78, 5) is 12.9. The van der Waals surface area contributed by atoms with Gasteiger partial charge >= 0.3 is 6.61 Å². The van der Waals surface area contributed by atoms with Gasteiger partial charge in [0, 0.05) is 11.4 Å². The Morgan fingerprint density at radius 1 is 1.57 bits per heavy atom. The number of nitrogens with one attached hydrogen (secondary N) is 1. The molecule has 1 heterocycles. The molecule has 21 heavy (non-hydrogen) atoms. The number of alkyl halides is 2. The maximum atomic E-state index is 12.3. The second-order valence-electron chi connectivity index (χ2n) is 5.28. The number of rotatable bonds is 7. The fourth-order valence-corrected chi connectivity index (χ4v) is 2.65. The third kappa shape index (κ3) is 4.93. The molecule has 0 aromatic carbocycles. The Balaban J connectivity index is 2.76. The zero-order chi connectivity index (χ0) is 16.2. The molecule has 0 aliphatic rings. The second kappa shape index (κ2) is 7.17. The predicted octanol–water partition coefficient (Wildman–Crippen LogP) is 3.18. The molecule has 4 nitrogen and oxygen atoms in total. The Hall–Kier alpha value is -1.21.